The first-order chi connectivity index (χ1) is 11.6. The number of rotatable bonds is 14. The number of nitrogens with zero attached hydrogens (tertiary/aromatic N) is 1. The quantitative estimate of drug-likeness (QED) is 0.448. The fourth-order valence-electron chi connectivity index (χ4n) is 3.69. The molecule has 0 spiro atoms. The Bertz CT molecular complexity index is 288. The van der Waals surface area contributed by atoms with Crippen LogP contribution in [0.1, 0.15) is 97.3 Å². The number of unbranched alkanes of at least 4 members (excludes halogenated alkanes) is 9. The highest BCUT2D eigenvalue weighted by Gasteiger charge is 2.29. The average Bonchev–Trinajstić information content (AvgIpc) is 2.59. The van der Waals surface area contributed by atoms with Crippen molar-refractivity contribution in [3.63, 3.8) is 0 Å². The maximum atomic E-state index is 10.2. The predicted octanol–water partition coefficient (Wildman–Crippen LogP) is 4.75. The van der Waals surface area contributed by atoms with Gasteiger partial charge in [-0.05, 0) is 37.8 Å². The highest BCUT2D eigenvalue weighted by molar-refractivity contribution is 4.82. The Hall–Kier alpha value is -0.120. The summed E-state index contributed by atoms with van der Waals surface area (Å²) in [7, 11) is 0. The molecule has 3 heteroatoms. The third kappa shape index (κ3) is 10.0. The van der Waals surface area contributed by atoms with E-state index in [1.165, 1.54) is 64.2 Å². The van der Waals surface area contributed by atoms with Crippen LogP contribution in [0.3, 0.4) is 0 Å². The predicted molar refractivity (Wildman–Crippen MR) is 103 cm³/mol. The number of β-amino-alcohol motifs (C(OH)–C–C–N with tert-alkyl or cyclic N) is 1. The van der Waals surface area contributed by atoms with E-state index >= 15 is 0 Å². The van der Waals surface area contributed by atoms with Crippen molar-refractivity contribution in [3.8, 4) is 0 Å². The van der Waals surface area contributed by atoms with E-state index in [-0.39, 0.29) is 11.5 Å². The summed E-state index contributed by atoms with van der Waals surface area (Å²) >= 11 is 0. The van der Waals surface area contributed by atoms with Gasteiger partial charge in [0.1, 0.15) is 0 Å². The van der Waals surface area contributed by atoms with Crippen LogP contribution in [0.25, 0.3) is 0 Å². The van der Waals surface area contributed by atoms with Crippen LogP contribution in [0.4, 0.5) is 0 Å². The van der Waals surface area contributed by atoms with Crippen molar-refractivity contribution in [2.45, 2.75) is 103 Å². The SMILES string of the molecule is CCCCCCCCCCCCC(O)CN1CCC(C)(CO)CC1. The molecule has 0 saturated carbocycles. The first-order valence-corrected chi connectivity index (χ1v) is 10.6. The van der Waals surface area contributed by atoms with Gasteiger partial charge in [0.05, 0.1) is 6.10 Å². The molecule has 1 rings (SSSR count). The van der Waals surface area contributed by atoms with Crippen LogP contribution < -0.4 is 0 Å². The Morgan fingerprint density at radius 2 is 1.38 bits per heavy atom. The molecule has 0 radical (unpaired) electrons. The van der Waals surface area contributed by atoms with Gasteiger partial charge in [0.25, 0.3) is 0 Å². The molecule has 1 heterocycles. The standard InChI is InChI=1S/C21H43NO2/c1-3-4-5-6-7-8-9-10-11-12-13-20(24)18-22-16-14-21(2,19-23)15-17-22/h20,23-24H,3-19H2,1-2H3. The monoisotopic (exact) mass is 341 g/mol. The number of hydrogen-bond donors (Lipinski definition) is 2. The van der Waals surface area contributed by atoms with E-state index in [2.05, 4.69) is 18.7 Å². The smallest absolute Gasteiger partial charge is 0.0667 e. The lowest BCUT2D eigenvalue weighted by atomic mass is 9.81. The van der Waals surface area contributed by atoms with Gasteiger partial charge in [-0.25, -0.2) is 0 Å². The Balaban J connectivity index is 1.91. The van der Waals surface area contributed by atoms with Gasteiger partial charge in [0.2, 0.25) is 0 Å². The molecule has 1 unspecified atom stereocenters. The molecule has 0 aromatic carbocycles. The molecule has 3 nitrogen and oxygen atoms in total. The Labute approximate surface area is 150 Å². The zero-order valence-electron chi connectivity index (χ0n) is 16.4. The van der Waals surface area contributed by atoms with Crippen LogP contribution in [0.15, 0.2) is 0 Å². The van der Waals surface area contributed by atoms with Gasteiger partial charge < -0.3 is 15.1 Å². The third-order valence-electron chi connectivity index (χ3n) is 5.80. The van der Waals surface area contributed by atoms with E-state index in [0.717, 1.165) is 38.9 Å². The number of aliphatic hydroxyl groups is 2. The second kappa shape index (κ2) is 13.1. The van der Waals surface area contributed by atoms with Crippen molar-refractivity contribution >= 4 is 0 Å². The second-order valence-corrected chi connectivity index (χ2v) is 8.39. The Kier molecular flexibility index (Phi) is 12.0. The van der Waals surface area contributed by atoms with E-state index in [4.69, 9.17) is 0 Å². The number of likely N-dealkylation sites (tertiary alicyclic amines) is 1. The van der Waals surface area contributed by atoms with E-state index < -0.39 is 0 Å². The maximum Gasteiger partial charge on any atom is 0.0667 e. The van der Waals surface area contributed by atoms with Gasteiger partial charge in [0.15, 0.2) is 0 Å². The van der Waals surface area contributed by atoms with Crippen molar-refractivity contribution in [2.24, 2.45) is 5.41 Å². The van der Waals surface area contributed by atoms with Crippen LogP contribution in [0.2, 0.25) is 0 Å². The summed E-state index contributed by atoms with van der Waals surface area (Å²) in [6, 6.07) is 0. The van der Waals surface area contributed by atoms with Gasteiger partial charge in [-0.1, -0.05) is 78.1 Å². The molecule has 0 amide bonds. The van der Waals surface area contributed by atoms with Crippen molar-refractivity contribution in [3.05, 3.63) is 0 Å². The maximum absolute atomic E-state index is 10.2. The molecule has 0 aromatic heterocycles. The van der Waals surface area contributed by atoms with Gasteiger partial charge >= 0.3 is 0 Å². The average molecular weight is 342 g/mol. The summed E-state index contributed by atoms with van der Waals surface area (Å²) in [6.45, 7) is 7.59. The first kappa shape index (κ1) is 21.9. The molecule has 0 aromatic rings. The van der Waals surface area contributed by atoms with Crippen LogP contribution in [0, 0.1) is 5.41 Å². The molecule has 144 valence electrons. The molecule has 24 heavy (non-hydrogen) atoms. The van der Waals surface area contributed by atoms with E-state index in [1.54, 1.807) is 0 Å². The van der Waals surface area contributed by atoms with Crippen LogP contribution in [0.5, 0.6) is 0 Å². The minimum absolute atomic E-state index is 0.109. The summed E-state index contributed by atoms with van der Waals surface area (Å²) < 4.78 is 0. The van der Waals surface area contributed by atoms with Crippen molar-refractivity contribution in [1.29, 1.82) is 0 Å². The highest BCUT2D eigenvalue weighted by atomic mass is 16.3. The lowest BCUT2D eigenvalue weighted by Gasteiger charge is -2.38. The van der Waals surface area contributed by atoms with Crippen LogP contribution in [-0.4, -0.2) is 47.5 Å². The molecular formula is C21H43NO2. The molecule has 0 aliphatic carbocycles. The van der Waals surface area contributed by atoms with Gasteiger partial charge in [0, 0.05) is 13.2 Å². The van der Waals surface area contributed by atoms with Crippen molar-refractivity contribution in [2.75, 3.05) is 26.2 Å². The Morgan fingerprint density at radius 1 is 0.875 bits per heavy atom. The molecule has 1 fully saturated rings. The zero-order chi connectivity index (χ0) is 17.7. The molecule has 1 aliphatic rings. The summed E-state index contributed by atoms with van der Waals surface area (Å²) in [6.07, 6.45) is 16.4. The number of hydrogen-bond acceptors (Lipinski definition) is 3. The van der Waals surface area contributed by atoms with Crippen molar-refractivity contribution < 1.29 is 10.2 Å². The fourth-order valence-corrected chi connectivity index (χ4v) is 3.69. The summed E-state index contributed by atoms with van der Waals surface area (Å²) in [5, 5.41) is 19.6. The fraction of sp³-hybridized carbons (Fsp3) is 1.00. The minimum Gasteiger partial charge on any atom is -0.396 e. The lowest BCUT2D eigenvalue weighted by molar-refractivity contribution is 0.0323. The topological polar surface area (TPSA) is 43.7 Å². The molecule has 1 aliphatic heterocycles. The molecule has 1 atom stereocenters. The molecule has 0 bridgehead atoms. The summed E-state index contributed by atoms with van der Waals surface area (Å²) in [5.41, 5.74) is 0.109. The number of aliphatic hydroxyl groups excluding tert-OH is 2. The Morgan fingerprint density at radius 3 is 1.88 bits per heavy atom. The van der Waals surface area contributed by atoms with Gasteiger partial charge in [-0.3, -0.25) is 0 Å². The van der Waals surface area contributed by atoms with E-state index in [0.29, 0.717) is 6.61 Å². The van der Waals surface area contributed by atoms with Gasteiger partial charge in [-0.15, -0.1) is 0 Å². The van der Waals surface area contributed by atoms with Gasteiger partial charge in [-0.2, -0.15) is 0 Å². The molecule has 1 saturated heterocycles. The highest BCUT2D eigenvalue weighted by Crippen LogP contribution is 2.30. The summed E-state index contributed by atoms with van der Waals surface area (Å²) in [5.74, 6) is 0. The number of piperidine rings is 1. The third-order valence-corrected chi connectivity index (χ3v) is 5.80. The van der Waals surface area contributed by atoms with Crippen LogP contribution >= 0.6 is 0 Å². The van der Waals surface area contributed by atoms with E-state index in [1.807, 2.05) is 0 Å². The van der Waals surface area contributed by atoms with Crippen LogP contribution in [-0.2, 0) is 0 Å². The molecule has 2 N–H and O–H groups in total. The normalized spacial score (nSPS) is 19.5. The minimum atomic E-state index is -0.169. The van der Waals surface area contributed by atoms with E-state index in [9.17, 15) is 10.2 Å². The largest absolute Gasteiger partial charge is 0.396 e. The zero-order valence-corrected chi connectivity index (χ0v) is 16.4. The molecular weight excluding hydrogens is 298 g/mol. The second-order valence-electron chi connectivity index (χ2n) is 8.39. The summed E-state index contributed by atoms with van der Waals surface area (Å²) in [4.78, 5) is 2.37. The first-order valence-electron chi connectivity index (χ1n) is 10.6. The lowest BCUT2D eigenvalue weighted by Crippen LogP contribution is -2.43. The van der Waals surface area contributed by atoms with Crippen molar-refractivity contribution in [1.82, 2.24) is 4.90 Å².